The zero-order valence-electron chi connectivity index (χ0n) is 20.1. The maximum atomic E-state index is 13.0. The minimum Gasteiger partial charge on any atom is -0.496 e. The van der Waals surface area contributed by atoms with Crippen LogP contribution in [0, 0.1) is 6.92 Å². The Bertz CT molecular complexity index is 1400. The summed E-state index contributed by atoms with van der Waals surface area (Å²) < 4.78 is 5.58. The Hall–Kier alpha value is -4.04. The number of benzene rings is 1. The Morgan fingerprint density at radius 1 is 0.917 bits per heavy atom. The summed E-state index contributed by atoms with van der Waals surface area (Å²) in [4.78, 5) is 35.2. The molecule has 1 amide bonds. The van der Waals surface area contributed by atoms with Crippen LogP contribution in [-0.2, 0) is 0 Å². The first kappa shape index (κ1) is 23.7. The molecule has 36 heavy (non-hydrogen) atoms. The lowest BCUT2D eigenvalue weighted by Crippen LogP contribution is -2.49. The number of amides is 1. The number of aryl methyl sites for hydroxylation is 1. The van der Waals surface area contributed by atoms with Gasteiger partial charge in [0.15, 0.2) is 0 Å². The highest BCUT2D eigenvalue weighted by Crippen LogP contribution is 2.38. The maximum Gasteiger partial charge on any atom is 0.272 e. The van der Waals surface area contributed by atoms with E-state index in [9.17, 15) is 4.79 Å². The van der Waals surface area contributed by atoms with Gasteiger partial charge >= 0.3 is 0 Å². The van der Waals surface area contributed by atoms with Crippen LogP contribution in [0.5, 0.6) is 5.75 Å². The van der Waals surface area contributed by atoms with Crippen LogP contribution in [0.1, 0.15) is 16.1 Å². The molecule has 1 aliphatic rings. The number of piperazine rings is 1. The molecule has 0 atom stereocenters. The van der Waals surface area contributed by atoms with Gasteiger partial charge in [-0.1, -0.05) is 29.8 Å². The molecule has 4 heterocycles. The lowest BCUT2D eigenvalue weighted by atomic mass is 10.0. The molecular weight excluding hydrogens is 476 g/mol. The van der Waals surface area contributed by atoms with E-state index in [1.807, 2.05) is 54.3 Å². The highest BCUT2D eigenvalue weighted by molar-refractivity contribution is 6.33. The topological polar surface area (TPSA) is 84.3 Å². The normalized spacial score (nSPS) is 13.5. The number of carbonyl (C=O) groups excluding carboxylic acids is 1. The van der Waals surface area contributed by atoms with Crippen molar-refractivity contribution in [3.63, 3.8) is 0 Å². The number of rotatable bonds is 5. The predicted octanol–water partition coefficient (Wildman–Crippen LogP) is 4.53. The van der Waals surface area contributed by atoms with E-state index in [1.54, 1.807) is 31.9 Å². The fraction of sp³-hybridized carbons (Fsp3) is 0.222. The van der Waals surface area contributed by atoms with E-state index >= 15 is 0 Å². The summed E-state index contributed by atoms with van der Waals surface area (Å²) in [7, 11) is 1.63. The minimum absolute atomic E-state index is 0.0467. The molecule has 1 aliphatic heterocycles. The molecule has 8 nitrogen and oxygen atoms in total. The van der Waals surface area contributed by atoms with Crippen molar-refractivity contribution in [2.24, 2.45) is 0 Å². The molecule has 5 rings (SSSR count). The molecule has 1 fully saturated rings. The molecule has 1 saturated heterocycles. The molecule has 3 aromatic heterocycles. The van der Waals surface area contributed by atoms with Gasteiger partial charge < -0.3 is 14.5 Å². The van der Waals surface area contributed by atoms with Crippen LogP contribution in [0.15, 0.2) is 67.3 Å². The Morgan fingerprint density at radius 2 is 1.72 bits per heavy atom. The number of hydrogen-bond acceptors (Lipinski definition) is 7. The van der Waals surface area contributed by atoms with Crippen LogP contribution in [0.3, 0.4) is 0 Å². The highest BCUT2D eigenvalue weighted by atomic mass is 35.5. The van der Waals surface area contributed by atoms with Crippen LogP contribution in [0.25, 0.3) is 22.5 Å². The summed E-state index contributed by atoms with van der Waals surface area (Å²) in [6.07, 6.45) is 6.70. The molecule has 4 aromatic rings. The number of para-hydroxylation sites is 1. The first-order valence-corrected chi connectivity index (χ1v) is 12.0. The van der Waals surface area contributed by atoms with Gasteiger partial charge in [0.2, 0.25) is 0 Å². The fourth-order valence-corrected chi connectivity index (χ4v) is 4.53. The van der Waals surface area contributed by atoms with Gasteiger partial charge in [-0.3, -0.25) is 14.8 Å². The summed E-state index contributed by atoms with van der Waals surface area (Å²) in [6.45, 7) is 4.29. The third-order valence-electron chi connectivity index (χ3n) is 6.25. The number of halogens is 1. The molecule has 1 aromatic carbocycles. The van der Waals surface area contributed by atoms with E-state index in [0.29, 0.717) is 54.0 Å². The molecule has 0 unspecified atom stereocenters. The number of carbonyl (C=O) groups is 1. The van der Waals surface area contributed by atoms with E-state index in [-0.39, 0.29) is 5.91 Å². The first-order chi connectivity index (χ1) is 17.6. The van der Waals surface area contributed by atoms with Crippen LogP contribution in [-0.4, -0.2) is 64.0 Å². The molecule has 0 bridgehead atoms. The van der Waals surface area contributed by atoms with Crippen molar-refractivity contribution in [1.29, 1.82) is 0 Å². The standard InChI is InChI=1S/C27H25ClN6O2/c1-18-6-5-10-30-24(18)27(35)34-14-12-33(13-15-34)23-17-31-25(20-7-3-4-8-22(20)36-2)26(32-23)19-9-11-29-16-21(19)28/h3-11,16-17H,12-15H2,1-2H3. The van der Waals surface area contributed by atoms with Crippen molar-refractivity contribution < 1.29 is 9.53 Å². The van der Waals surface area contributed by atoms with Crippen LogP contribution < -0.4 is 9.64 Å². The third kappa shape index (κ3) is 4.59. The predicted molar refractivity (Wildman–Crippen MR) is 139 cm³/mol. The Labute approximate surface area is 214 Å². The number of nitrogens with zero attached hydrogens (tertiary/aromatic N) is 6. The molecule has 0 saturated carbocycles. The summed E-state index contributed by atoms with van der Waals surface area (Å²) in [5.74, 6) is 1.37. The zero-order chi connectivity index (χ0) is 25.1. The quantitative estimate of drug-likeness (QED) is 0.398. The largest absolute Gasteiger partial charge is 0.496 e. The van der Waals surface area contributed by atoms with Gasteiger partial charge in [0.25, 0.3) is 5.91 Å². The smallest absolute Gasteiger partial charge is 0.272 e. The summed E-state index contributed by atoms with van der Waals surface area (Å²) in [6, 6.07) is 13.3. The molecule has 182 valence electrons. The number of anilines is 1. The van der Waals surface area contributed by atoms with Gasteiger partial charge in [-0.25, -0.2) is 9.97 Å². The van der Waals surface area contributed by atoms with E-state index in [4.69, 9.17) is 26.3 Å². The zero-order valence-corrected chi connectivity index (χ0v) is 20.8. The Morgan fingerprint density at radius 3 is 2.47 bits per heavy atom. The maximum absolute atomic E-state index is 13.0. The summed E-state index contributed by atoms with van der Waals surface area (Å²) in [5.41, 5.74) is 4.25. The SMILES string of the molecule is COc1ccccc1-c1ncc(N2CCN(C(=O)c3ncccc3C)CC2)nc1-c1ccncc1Cl. The van der Waals surface area contributed by atoms with Gasteiger partial charge in [0, 0.05) is 55.9 Å². The molecule has 0 N–H and O–H groups in total. The third-order valence-corrected chi connectivity index (χ3v) is 6.55. The van der Waals surface area contributed by atoms with Crippen molar-refractivity contribution in [2.45, 2.75) is 6.92 Å². The second kappa shape index (κ2) is 10.3. The van der Waals surface area contributed by atoms with Gasteiger partial charge in [-0.05, 0) is 36.8 Å². The van der Waals surface area contributed by atoms with Gasteiger partial charge in [0.1, 0.15) is 28.6 Å². The minimum atomic E-state index is -0.0467. The Balaban J connectivity index is 1.45. The Kier molecular flexibility index (Phi) is 6.77. The molecular formula is C27H25ClN6O2. The average Bonchev–Trinajstić information content (AvgIpc) is 2.93. The summed E-state index contributed by atoms with van der Waals surface area (Å²) >= 11 is 6.53. The molecule has 0 spiro atoms. The van der Waals surface area contributed by atoms with Crippen molar-refractivity contribution in [1.82, 2.24) is 24.8 Å². The lowest BCUT2D eigenvalue weighted by molar-refractivity contribution is 0.0740. The number of pyridine rings is 2. The number of hydrogen-bond donors (Lipinski definition) is 0. The van der Waals surface area contributed by atoms with E-state index < -0.39 is 0 Å². The van der Waals surface area contributed by atoms with Crippen LogP contribution in [0.4, 0.5) is 5.82 Å². The van der Waals surface area contributed by atoms with Gasteiger partial charge in [-0.2, -0.15) is 0 Å². The van der Waals surface area contributed by atoms with Crippen LogP contribution >= 0.6 is 11.6 Å². The number of methoxy groups -OCH3 is 1. The average molecular weight is 501 g/mol. The van der Waals surface area contributed by atoms with Crippen molar-refractivity contribution in [2.75, 3.05) is 38.2 Å². The number of ether oxygens (including phenoxy) is 1. The van der Waals surface area contributed by atoms with Gasteiger partial charge in [-0.15, -0.1) is 0 Å². The highest BCUT2D eigenvalue weighted by Gasteiger charge is 2.26. The molecule has 9 heteroatoms. The first-order valence-electron chi connectivity index (χ1n) is 11.6. The van der Waals surface area contributed by atoms with Crippen LogP contribution in [0.2, 0.25) is 5.02 Å². The van der Waals surface area contributed by atoms with Crippen molar-refractivity contribution in [3.8, 4) is 28.3 Å². The van der Waals surface area contributed by atoms with Gasteiger partial charge in [0.05, 0.1) is 18.3 Å². The van der Waals surface area contributed by atoms with Crippen molar-refractivity contribution >= 4 is 23.3 Å². The monoisotopic (exact) mass is 500 g/mol. The van der Waals surface area contributed by atoms with Crippen molar-refractivity contribution in [3.05, 3.63) is 83.5 Å². The molecule has 0 aliphatic carbocycles. The fourth-order valence-electron chi connectivity index (χ4n) is 4.32. The second-order valence-corrected chi connectivity index (χ2v) is 8.84. The number of aromatic nitrogens is 4. The van der Waals surface area contributed by atoms with E-state index in [0.717, 1.165) is 22.5 Å². The summed E-state index contributed by atoms with van der Waals surface area (Å²) in [5, 5.41) is 0.487. The lowest BCUT2D eigenvalue weighted by Gasteiger charge is -2.35. The second-order valence-electron chi connectivity index (χ2n) is 8.43. The van der Waals surface area contributed by atoms with E-state index in [2.05, 4.69) is 14.9 Å². The molecule has 0 radical (unpaired) electrons. The van der Waals surface area contributed by atoms with E-state index in [1.165, 1.54) is 0 Å².